The van der Waals surface area contributed by atoms with Gasteiger partial charge in [-0.05, 0) is 55.5 Å². The summed E-state index contributed by atoms with van der Waals surface area (Å²) < 4.78 is 0. The van der Waals surface area contributed by atoms with E-state index in [1.54, 1.807) is 0 Å². The Morgan fingerprint density at radius 2 is 1.64 bits per heavy atom. The Balaban J connectivity index is 1.52. The van der Waals surface area contributed by atoms with Gasteiger partial charge in [-0.1, -0.05) is 54.6 Å². The number of amides is 1. The Bertz CT molecular complexity index is 658. The molecule has 0 radical (unpaired) electrons. The molecule has 1 aliphatic rings. The van der Waals surface area contributed by atoms with Crippen molar-refractivity contribution in [1.29, 1.82) is 0 Å². The van der Waals surface area contributed by atoms with Crippen molar-refractivity contribution in [1.82, 2.24) is 10.2 Å². The van der Waals surface area contributed by atoms with E-state index < -0.39 is 0 Å². The molecule has 2 aromatic carbocycles. The molecule has 0 bridgehead atoms. The zero-order valence-electron chi connectivity index (χ0n) is 15.1. The van der Waals surface area contributed by atoms with Crippen LogP contribution >= 0.6 is 0 Å². The van der Waals surface area contributed by atoms with Gasteiger partial charge in [0, 0.05) is 13.1 Å². The number of nitrogens with zero attached hydrogens (tertiary/aromatic N) is 1. The van der Waals surface area contributed by atoms with Gasteiger partial charge < -0.3 is 10.2 Å². The monoisotopic (exact) mass is 336 g/mol. The van der Waals surface area contributed by atoms with Crippen LogP contribution in [0.25, 0.3) is 11.1 Å². The maximum Gasteiger partial charge on any atom is 0.226 e. The molecule has 3 rings (SSSR count). The first-order valence-electron chi connectivity index (χ1n) is 9.33. The van der Waals surface area contributed by atoms with Gasteiger partial charge in [-0.15, -0.1) is 0 Å². The van der Waals surface area contributed by atoms with Crippen LogP contribution in [0.4, 0.5) is 0 Å². The van der Waals surface area contributed by atoms with E-state index in [2.05, 4.69) is 41.7 Å². The third-order valence-corrected chi connectivity index (χ3v) is 5.19. The highest BCUT2D eigenvalue weighted by atomic mass is 16.2. The SMILES string of the molecule is CNCCC1CCN(C(=O)Cc2ccc(-c3ccccc3)cc2)CC1. The maximum absolute atomic E-state index is 12.6. The topological polar surface area (TPSA) is 32.3 Å². The predicted molar refractivity (Wildman–Crippen MR) is 103 cm³/mol. The van der Waals surface area contributed by atoms with E-state index in [0.717, 1.165) is 44.0 Å². The zero-order chi connectivity index (χ0) is 17.5. The highest BCUT2D eigenvalue weighted by Crippen LogP contribution is 2.22. The van der Waals surface area contributed by atoms with Crippen LogP contribution in [0.15, 0.2) is 54.6 Å². The molecular weight excluding hydrogens is 308 g/mol. The van der Waals surface area contributed by atoms with E-state index in [4.69, 9.17) is 0 Å². The highest BCUT2D eigenvalue weighted by molar-refractivity contribution is 5.79. The zero-order valence-corrected chi connectivity index (χ0v) is 15.1. The van der Waals surface area contributed by atoms with Crippen molar-refractivity contribution in [3.63, 3.8) is 0 Å². The van der Waals surface area contributed by atoms with Crippen LogP contribution < -0.4 is 5.32 Å². The maximum atomic E-state index is 12.6. The molecule has 0 aliphatic carbocycles. The Kier molecular flexibility index (Phi) is 6.24. The molecule has 1 heterocycles. The summed E-state index contributed by atoms with van der Waals surface area (Å²) >= 11 is 0. The molecular formula is C22H28N2O. The summed E-state index contributed by atoms with van der Waals surface area (Å²) in [7, 11) is 2.00. The largest absolute Gasteiger partial charge is 0.342 e. The second kappa shape index (κ2) is 8.82. The van der Waals surface area contributed by atoms with E-state index in [1.165, 1.54) is 17.5 Å². The third kappa shape index (κ3) is 4.93. The van der Waals surface area contributed by atoms with Gasteiger partial charge in [-0.2, -0.15) is 0 Å². The van der Waals surface area contributed by atoms with Crippen LogP contribution in [-0.2, 0) is 11.2 Å². The lowest BCUT2D eigenvalue weighted by molar-refractivity contribution is -0.131. The van der Waals surface area contributed by atoms with E-state index in [1.807, 2.05) is 30.1 Å². The number of rotatable bonds is 6. The summed E-state index contributed by atoms with van der Waals surface area (Å²) in [4.78, 5) is 14.6. The van der Waals surface area contributed by atoms with E-state index >= 15 is 0 Å². The number of piperidine rings is 1. The Morgan fingerprint density at radius 3 is 2.28 bits per heavy atom. The molecule has 0 saturated carbocycles. The van der Waals surface area contributed by atoms with Gasteiger partial charge in [0.05, 0.1) is 6.42 Å². The smallest absolute Gasteiger partial charge is 0.226 e. The number of hydrogen-bond donors (Lipinski definition) is 1. The highest BCUT2D eigenvalue weighted by Gasteiger charge is 2.22. The van der Waals surface area contributed by atoms with Gasteiger partial charge in [-0.3, -0.25) is 4.79 Å². The second-order valence-electron chi connectivity index (χ2n) is 6.96. The lowest BCUT2D eigenvalue weighted by Gasteiger charge is -2.32. The average Bonchev–Trinajstić information content (AvgIpc) is 2.68. The van der Waals surface area contributed by atoms with Gasteiger partial charge in [0.2, 0.25) is 5.91 Å². The van der Waals surface area contributed by atoms with E-state index in [-0.39, 0.29) is 5.91 Å². The minimum Gasteiger partial charge on any atom is -0.342 e. The van der Waals surface area contributed by atoms with Crippen molar-refractivity contribution in [2.24, 2.45) is 5.92 Å². The molecule has 1 aliphatic heterocycles. The molecule has 3 heteroatoms. The normalized spacial score (nSPS) is 15.3. The minimum atomic E-state index is 0.263. The fraction of sp³-hybridized carbons (Fsp3) is 0.409. The Labute approximate surface area is 151 Å². The number of carbonyl (C=O) groups is 1. The molecule has 1 amide bonds. The van der Waals surface area contributed by atoms with Crippen LogP contribution in [0.3, 0.4) is 0 Å². The lowest BCUT2D eigenvalue weighted by atomic mass is 9.93. The fourth-order valence-corrected chi connectivity index (χ4v) is 3.55. The van der Waals surface area contributed by atoms with Crippen LogP contribution in [0, 0.1) is 5.92 Å². The van der Waals surface area contributed by atoms with Crippen molar-refractivity contribution < 1.29 is 4.79 Å². The average molecular weight is 336 g/mol. The number of nitrogens with one attached hydrogen (secondary N) is 1. The Hall–Kier alpha value is -2.13. The third-order valence-electron chi connectivity index (χ3n) is 5.19. The number of benzene rings is 2. The summed E-state index contributed by atoms with van der Waals surface area (Å²) in [5, 5.41) is 3.22. The van der Waals surface area contributed by atoms with Gasteiger partial charge >= 0.3 is 0 Å². The Morgan fingerprint density at radius 1 is 1.00 bits per heavy atom. The molecule has 2 aromatic rings. The second-order valence-corrected chi connectivity index (χ2v) is 6.96. The summed E-state index contributed by atoms with van der Waals surface area (Å²) in [6.07, 6.45) is 4.01. The summed E-state index contributed by atoms with van der Waals surface area (Å²) in [5.41, 5.74) is 3.51. The molecule has 0 aromatic heterocycles. The van der Waals surface area contributed by atoms with Gasteiger partial charge in [0.25, 0.3) is 0 Å². The predicted octanol–water partition coefficient (Wildman–Crippen LogP) is 3.74. The summed E-state index contributed by atoms with van der Waals surface area (Å²) in [5.74, 6) is 1.03. The lowest BCUT2D eigenvalue weighted by Crippen LogP contribution is -2.39. The van der Waals surface area contributed by atoms with Gasteiger partial charge in [0.15, 0.2) is 0 Å². The van der Waals surface area contributed by atoms with Crippen LogP contribution in [-0.4, -0.2) is 37.5 Å². The molecule has 3 nitrogen and oxygen atoms in total. The van der Waals surface area contributed by atoms with Crippen molar-refractivity contribution in [2.75, 3.05) is 26.7 Å². The molecule has 132 valence electrons. The quantitative estimate of drug-likeness (QED) is 0.871. The first kappa shape index (κ1) is 17.7. The van der Waals surface area contributed by atoms with Crippen LogP contribution in [0.5, 0.6) is 0 Å². The first-order valence-corrected chi connectivity index (χ1v) is 9.33. The summed E-state index contributed by atoms with van der Waals surface area (Å²) in [6, 6.07) is 18.7. The molecule has 1 fully saturated rings. The van der Waals surface area contributed by atoms with Crippen molar-refractivity contribution in [3.8, 4) is 11.1 Å². The molecule has 25 heavy (non-hydrogen) atoms. The van der Waals surface area contributed by atoms with E-state index in [0.29, 0.717) is 6.42 Å². The number of carbonyl (C=O) groups excluding carboxylic acids is 1. The molecule has 1 N–H and O–H groups in total. The van der Waals surface area contributed by atoms with Crippen molar-refractivity contribution in [2.45, 2.75) is 25.7 Å². The van der Waals surface area contributed by atoms with E-state index in [9.17, 15) is 4.79 Å². The van der Waals surface area contributed by atoms with Gasteiger partial charge in [0.1, 0.15) is 0 Å². The number of likely N-dealkylation sites (tertiary alicyclic amines) is 1. The summed E-state index contributed by atoms with van der Waals surface area (Å²) in [6.45, 7) is 2.90. The van der Waals surface area contributed by atoms with Gasteiger partial charge in [-0.25, -0.2) is 0 Å². The minimum absolute atomic E-state index is 0.263. The first-order chi connectivity index (χ1) is 12.3. The molecule has 0 atom stereocenters. The van der Waals surface area contributed by atoms with Crippen molar-refractivity contribution >= 4 is 5.91 Å². The number of hydrogen-bond acceptors (Lipinski definition) is 2. The van der Waals surface area contributed by atoms with Crippen LogP contribution in [0.1, 0.15) is 24.8 Å². The molecule has 0 spiro atoms. The van der Waals surface area contributed by atoms with Crippen LogP contribution in [0.2, 0.25) is 0 Å². The molecule has 0 unspecified atom stereocenters. The molecule has 1 saturated heterocycles. The van der Waals surface area contributed by atoms with Crippen molar-refractivity contribution in [3.05, 3.63) is 60.2 Å². The standard InChI is InChI=1S/C22H28N2O/c1-23-14-11-18-12-15-24(16-13-18)22(25)17-19-7-9-21(10-8-19)20-5-3-2-4-6-20/h2-10,18,23H,11-17H2,1H3. The fourth-order valence-electron chi connectivity index (χ4n) is 3.55.